The minimum absolute atomic E-state index is 0.261. The zero-order valence-corrected chi connectivity index (χ0v) is 17.1. The van der Waals surface area contributed by atoms with E-state index in [1.165, 1.54) is 24.3 Å². The van der Waals surface area contributed by atoms with Crippen LogP contribution < -0.4 is 19.7 Å². The first-order chi connectivity index (χ1) is 15.4. The molecule has 168 valence electrons. The molecule has 4 rings (SSSR count). The Hall–Kier alpha value is -3.60. The maximum absolute atomic E-state index is 12.4. The molecule has 11 heteroatoms. The summed E-state index contributed by atoms with van der Waals surface area (Å²) < 4.78 is 51.6. The van der Waals surface area contributed by atoms with Gasteiger partial charge in [0.2, 0.25) is 11.9 Å². The second kappa shape index (κ2) is 9.27. The van der Waals surface area contributed by atoms with Crippen LogP contribution in [0.2, 0.25) is 0 Å². The third-order valence-electron chi connectivity index (χ3n) is 4.61. The van der Waals surface area contributed by atoms with Crippen molar-refractivity contribution in [1.29, 1.82) is 0 Å². The van der Waals surface area contributed by atoms with Gasteiger partial charge in [0, 0.05) is 24.3 Å². The molecule has 0 bridgehead atoms. The van der Waals surface area contributed by atoms with Crippen molar-refractivity contribution in [3.8, 4) is 22.9 Å². The molecule has 1 saturated heterocycles. The molecule has 1 aromatic heterocycles. The fraction of sp³-hybridized carbons (Fsp3) is 0.286. The number of nitrogens with zero attached hydrogens (tertiary/aromatic N) is 4. The van der Waals surface area contributed by atoms with Crippen molar-refractivity contribution in [3.63, 3.8) is 0 Å². The lowest BCUT2D eigenvalue weighted by Gasteiger charge is -2.27. The quantitative estimate of drug-likeness (QED) is 0.607. The van der Waals surface area contributed by atoms with E-state index in [1.54, 1.807) is 19.2 Å². The van der Waals surface area contributed by atoms with Crippen LogP contribution in [0.15, 0.2) is 48.5 Å². The number of morpholine rings is 1. The molecule has 32 heavy (non-hydrogen) atoms. The second-order valence-electron chi connectivity index (χ2n) is 6.81. The Morgan fingerprint density at radius 3 is 2.19 bits per heavy atom. The van der Waals surface area contributed by atoms with Crippen LogP contribution in [0.3, 0.4) is 0 Å². The number of aromatic nitrogens is 3. The highest BCUT2D eigenvalue weighted by Crippen LogP contribution is 2.27. The van der Waals surface area contributed by atoms with Gasteiger partial charge in [-0.2, -0.15) is 15.0 Å². The number of methoxy groups -OCH3 is 1. The summed E-state index contributed by atoms with van der Waals surface area (Å²) >= 11 is 0. The maximum atomic E-state index is 12.4. The third kappa shape index (κ3) is 5.55. The van der Waals surface area contributed by atoms with E-state index in [0.29, 0.717) is 49.5 Å². The lowest BCUT2D eigenvalue weighted by molar-refractivity contribution is -0.274. The van der Waals surface area contributed by atoms with Crippen LogP contribution in [-0.2, 0) is 4.74 Å². The molecule has 0 radical (unpaired) electrons. The average Bonchev–Trinajstić information content (AvgIpc) is 2.80. The van der Waals surface area contributed by atoms with Crippen LogP contribution in [0.4, 0.5) is 30.8 Å². The summed E-state index contributed by atoms with van der Waals surface area (Å²) in [6.07, 6.45) is -4.75. The summed E-state index contributed by atoms with van der Waals surface area (Å²) in [7, 11) is 1.58. The Bertz CT molecular complexity index is 1040. The molecule has 0 unspecified atom stereocenters. The largest absolute Gasteiger partial charge is 0.573 e. The van der Waals surface area contributed by atoms with Gasteiger partial charge in [-0.3, -0.25) is 0 Å². The molecule has 2 heterocycles. The minimum Gasteiger partial charge on any atom is -0.497 e. The summed E-state index contributed by atoms with van der Waals surface area (Å²) in [6.45, 7) is 2.39. The number of nitrogens with one attached hydrogen (secondary N) is 1. The molecular formula is C21H20F3N5O3. The topological polar surface area (TPSA) is 81.6 Å². The third-order valence-corrected chi connectivity index (χ3v) is 4.61. The molecule has 0 aliphatic carbocycles. The minimum atomic E-state index is -4.75. The molecule has 8 nitrogen and oxygen atoms in total. The average molecular weight is 447 g/mol. The first-order valence-electron chi connectivity index (χ1n) is 9.76. The standard InChI is InChI=1S/C21H20F3N5O3/c1-30-16-6-2-14(3-7-16)18-26-19(28-20(27-18)29-10-12-31-13-11-29)25-15-4-8-17(9-5-15)32-21(22,23)24/h2-9H,10-13H2,1H3,(H,25,26,27,28). The van der Waals surface area contributed by atoms with Crippen molar-refractivity contribution in [3.05, 3.63) is 48.5 Å². The number of hydrogen-bond acceptors (Lipinski definition) is 8. The van der Waals surface area contributed by atoms with Gasteiger partial charge in [-0.15, -0.1) is 13.2 Å². The monoisotopic (exact) mass is 447 g/mol. The molecule has 0 spiro atoms. The first-order valence-corrected chi connectivity index (χ1v) is 9.76. The van der Waals surface area contributed by atoms with Gasteiger partial charge in [-0.1, -0.05) is 0 Å². The summed E-state index contributed by atoms with van der Waals surface area (Å²) in [6, 6.07) is 12.6. The van der Waals surface area contributed by atoms with E-state index in [2.05, 4.69) is 25.0 Å². The lowest BCUT2D eigenvalue weighted by atomic mass is 10.2. The summed E-state index contributed by atoms with van der Waals surface area (Å²) in [5, 5.41) is 3.02. The Morgan fingerprint density at radius 1 is 0.906 bits per heavy atom. The van der Waals surface area contributed by atoms with Crippen molar-refractivity contribution in [2.24, 2.45) is 0 Å². The molecule has 0 atom stereocenters. The van der Waals surface area contributed by atoms with Crippen LogP contribution >= 0.6 is 0 Å². The number of benzene rings is 2. The Morgan fingerprint density at radius 2 is 1.56 bits per heavy atom. The lowest BCUT2D eigenvalue weighted by Crippen LogP contribution is -2.37. The van der Waals surface area contributed by atoms with Gasteiger partial charge < -0.3 is 24.4 Å². The Labute approximate surface area is 182 Å². The van der Waals surface area contributed by atoms with E-state index in [-0.39, 0.29) is 11.7 Å². The Kier molecular flexibility index (Phi) is 6.26. The number of halogens is 3. The molecule has 0 saturated carbocycles. The van der Waals surface area contributed by atoms with E-state index in [9.17, 15) is 13.2 Å². The van der Waals surface area contributed by atoms with Gasteiger partial charge in [0.1, 0.15) is 11.5 Å². The molecule has 2 aromatic carbocycles. The number of hydrogen-bond donors (Lipinski definition) is 1. The number of alkyl halides is 3. The zero-order chi connectivity index (χ0) is 22.6. The van der Waals surface area contributed by atoms with Crippen LogP contribution in [0.25, 0.3) is 11.4 Å². The van der Waals surface area contributed by atoms with E-state index < -0.39 is 6.36 Å². The zero-order valence-electron chi connectivity index (χ0n) is 17.1. The first kappa shape index (κ1) is 21.6. The van der Waals surface area contributed by atoms with Gasteiger partial charge in [-0.25, -0.2) is 0 Å². The van der Waals surface area contributed by atoms with Gasteiger partial charge in [0.25, 0.3) is 0 Å². The smallest absolute Gasteiger partial charge is 0.497 e. The Balaban J connectivity index is 1.62. The van der Waals surface area contributed by atoms with E-state index >= 15 is 0 Å². The van der Waals surface area contributed by atoms with Crippen molar-refractivity contribution >= 4 is 17.6 Å². The summed E-state index contributed by atoms with van der Waals surface area (Å²) in [5.41, 5.74) is 1.26. The van der Waals surface area contributed by atoms with Gasteiger partial charge >= 0.3 is 6.36 Å². The van der Waals surface area contributed by atoms with E-state index in [4.69, 9.17) is 9.47 Å². The molecule has 3 aromatic rings. The predicted octanol–water partition coefficient (Wildman–Crippen LogP) is 4.03. The molecule has 1 aliphatic rings. The van der Waals surface area contributed by atoms with E-state index in [0.717, 1.165) is 5.56 Å². The van der Waals surface area contributed by atoms with Gasteiger partial charge in [-0.05, 0) is 48.5 Å². The SMILES string of the molecule is COc1ccc(-c2nc(Nc3ccc(OC(F)(F)F)cc3)nc(N3CCOCC3)n2)cc1. The second-order valence-corrected chi connectivity index (χ2v) is 6.81. The fourth-order valence-electron chi connectivity index (χ4n) is 3.06. The molecular weight excluding hydrogens is 427 g/mol. The van der Waals surface area contributed by atoms with Crippen molar-refractivity contribution in [2.45, 2.75) is 6.36 Å². The number of anilines is 3. The van der Waals surface area contributed by atoms with Crippen molar-refractivity contribution in [1.82, 2.24) is 15.0 Å². The molecule has 0 amide bonds. The highest BCUT2D eigenvalue weighted by Gasteiger charge is 2.31. The van der Waals surface area contributed by atoms with Crippen molar-refractivity contribution in [2.75, 3.05) is 43.6 Å². The number of ether oxygens (including phenoxy) is 3. The highest BCUT2D eigenvalue weighted by molar-refractivity contribution is 5.62. The van der Waals surface area contributed by atoms with Gasteiger partial charge in [0.15, 0.2) is 5.82 Å². The molecule has 1 N–H and O–H groups in total. The molecule has 1 fully saturated rings. The van der Waals surface area contributed by atoms with Crippen LogP contribution in [0.5, 0.6) is 11.5 Å². The fourth-order valence-corrected chi connectivity index (χ4v) is 3.06. The summed E-state index contributed by atoms with van der Waals surface area (Å²) in [4.78, 5) is 15.6. The molecule has 1 aliphatic heterocycles. The maximum Gasteiger partial charge on any atom is 0.573 e. The number of rotatable bonds is 6. The normalized spacial score (nSPS) is 14.2. The summed E-state index contributed by atoms with van der Waals surface area (Å²) in [5.74, 6) is 1.58. The predicted molar refractivity (Wildman–Crippen MR) is 111 cm³/mol. The van der Waals surface area contributed by atoms with E-state index in [1.807, 2.05) is 17.0 Å². The highest BCUT2D eigenvalue weighted by atomic mass is 19.4. The van der Waals surface area contributed by atoms with Crippen LogP contribution in [0, 0.1) is 0 Å². The van der Waals surface area contributed by atoms with Gasteiger partial charge in [0.05, 0.1) is 20.3 Å². The van der Waals surface area contributed by atoms with Crippen molar-refractivity contribution < 1.29 is 27.4 Å². The van der Waals surface area contributed by atoms with Crippen LogP contribution in [0.1, 0.15) is 0 Å². The van der Waals surface area contributed by atoms with Crippen LogP contribution in [-0.4, -0.2) is 54.7 Å².